The van der Waals surface area contributed by atoms with Gasteiger partial charge in [-0.3, -0.25) is 9.69 Å². The van der Waals surface area contributed by atoms with Gasteiger partial charge in [-0.05, 0) is 29.9 Å². The highest BCUT2D eigenvalue weighted by molar-refractivity contribution is 6.35. The molecule has 0 amide bonds. The van der Waals surface area contributed by atoms with Crippen molar-refractivity contribution >= 4 is 28.5 Å². The summed E-state index contributed by atoms with van der Waals surface area (Å²) in [5.41, 5.74) is 1.24. The van der Waals surface area contributed by atoms with Gasteiger partial charge in [0.25, 0.3) is 0 Å². The van der Waals surface area contributed by atoms with Gasteiger partial charge in [-0.2, -0.15) is 0 Å². The van der Waals surface area contributed by atoms with Crippen molar-refractivity contribution in [3.05, 3.63) is 48.7 Å². The number of halogens is 1. The zero-order chi connectivity index (χ0) is 16.7. The second-order valence-electron chi connectivity index (χ2n) is 6.71. The van der Waals surface area contributed by atoms with E-state index in [9.17, 15) is 4.79 Å². The van der Waals surface area contributed by atoms with Gasteiger partial charge < -0.3 is 9.30 Å². The molecule has 5 heteroatoms. The summed E-state index contributed by atoms with van der Waals surface area (Å²) in [6.45, 7) is 2.68. The van der Waals surface area contributed by atoms with Crippen LogP contribution in [0.3, 0.4) is 0 Å². The molecule has 3 heterocycles. The summed E-state index contributed by atoms with van der Waals surface area (Å²) < 4.78 is 7.22. The van der Waals surface area contributed by atoms with Gasteiger partial charge in [0.15, 0.2) is 4.87 Å². The number of hydrogen-bond donors (Lipinski definition) is 0. The van der Waals surface area contributed by atoms with E-state index in [-0.39, 0.29) is 12.0 Å². The highest BCUT2D eigenvalue weighted by atomic mass is 35.5. The Morgan fingerprint density at radius 1 is 1.29 bits per heavy atom. The highest BCUT2D eigenvalue weighted by Crippen LogP contribution is 2.42. The summed E-state index contributed by atoms with van der Waals surface area (Å²) in [7, 11) is 1.41. The fourth-order valence-corrected chi connectivity index (χ4v) is 4.60. The lowest BCUT2D eigenvalue weighted by Gasteiger charge is -2.49. The molecule has 1 saturated heterocycles. The first kappa shape index (κ1) is 15.7. The molecule has 2 aliphatic heterocycles. The molecule has 4 nitrogen and oxygen atoms in total. The Balaban J connectivity index is 1.53. The molecule has 1 fully saturated rings. The third-order valence-electron chi connectivity index (χ3n) is 5.29. The number of benzene rings is 1. The molecule has 3 unspecified atom stereocenters. The molecule has 24 heavy (non-hydrogen) atoms. The van der Waals surface area contributed by atoms with Crippen LogP contribution in [-0.4, -0.2) is 46.6 Å². The fraction of sp³-hybridized carbons (Fsp3) is 0.421. The predicted molar refractivity (Wildman–Crippen MR) is 95.1 cm³/mol. The van der Waals surface area contributed by atoms with Gasteiger partial charge in [-0.15, -0.1) is 11.6 Å². The minimum absolute atomic E-state index is 0.0987. The highest BCUT2D eigenvalue weighted by Gasteiger charge is 2.53. The van der Waals surface area contributed by atoms with Crippen molar-refractivity contribution in [1.82, 2.24) is 9.47 Å². The number of fused-ring (bicyclic) bond motifs is 3. The number of hydrogen-bond acceptors (Lipinski definition) is 3. The molecule has 0 N–H and O–H groups in total. The van der Waals surface area contributed by atoms with Crippen molar-refractivity contribution in [3.63, 3.8) is 0 Å². The second kappa shape index (κ2) is 5.94. The van der Waals surface area contributed by atoms with E-state index in [0.29, 0.717) is 12.3 Å². The number of piperidine rings is 1. The van der Waals surface area contributed by atoms with Gasteiger partial charge in [0.2, 0.25) is 0 Å². The molecule has 2 aromatic rings. The lowest BCUT2D eigenvalue weighted by molar-refractivity contribution is -0.147. The standard InChI is InChI=1S/C19H21ClN2O2/c1-24-18(23)19(20)12-14-6-7-17(19)22(13-14)11-10-21-9-8-15-4-2-3-5-16(15)21/h2-9,14,17H,10-13H2,1H3. The maximum Gasteiger partial charge on any atom is 0.328 e. The van der Waals surface area contributed by atoms with E-state index in [1.165, 1.54) is 18.0 Å². The Morgan fingerprint density at radius 3 is 2.92 bits per heavy atom. The number of para-hydroxylation sites is 1. The Hall–Kier alpha value is -1.78. The van der Waals surface area contributed by atoms with Crippen LogP contribution in [0, 0.1) is 5.92 Å². The number of rotatable bonds is 4. The number of alkyl halides is 1. The molecule has 1 aromatic heterocycles. The summed E-state index contributed by atoms with van der Waals surface area (Å²) in [5.74, 6) is -0.00682. The van der Waals surface area contributed by atoms with Crippen LogP contribution in [0.15, 0.2) is 48.7 Å². The molecule has 3 atom stereocenters. The predicted octanol–water partition coefficient (Wildman–Crippen LogP) is 3.05. The largest absolute Gasteiger partial charge is 0.468 e. The molecule has 2 bridgehead atoms. The fourth-order valence-electron chi connectivity index (χ4n) is 4.11. The number of esters is 1. The molecule has 0 spiro atoms. The lowest BCUT2D eigenvalue weighted by Crippen LogP contribution is -2.62. The van der Waals surface area contributed by atoms with Crippen molar-refractivity contribution < 1.29 is 9.53 Å². The molecule has 5 rings (SSSR count). The van der Waals surface area contributed by atoms with E-state index >= 15 is 0 Å². The monoisotopic (exact) mass is 344 g/mol. The number of ether oxygens (including phenoxy) is 1. The first-order chi connectivity index (χ1) is 11.6. The second-order valence-corrected chi connectivity index (χ2v) is 7.39. The van der Waals surface area contributed by atoms with Crippen molar-refractivity contribution in [2.24, 2.45) is 5.92 Å². The minimum Gasteiger partial charge on any atom is -0.468 e. The molecular formula is C19H21ClN2O2. The number of carbonyl (C=O) groups excluding carboxylic acids is 1. The maximum absolute atomic E-state index is 12.2. The molecule has 0 saturated carbocycles. The van der Waals surface area contributed by atoms with Crippen LogP contribution >= 0.6 is 11.6 Å². The number of methoxy groups -OCH3 is 1. The SMILES string of the molecule is COC(=O)C1(Cl)CC2C=CC1N(CCn1ccc3ccccc31)C2. The summed E-state index contributed by atoms with van der Waals surface area (Å²) in [5, 5.41) is 1.25. The summed E-state index contributed by atoms with van der Waals surface area (Å²) in [4.78, 5) is 13.6. The van der Waals surface area contributed by atoms with Gasteiger partial charge in [0, 0.05) is 31.3 Å². The molecule has 1 aliphatic carbocycles. The third-order valence-corrected chi connectivity index (χ3v) is 5.82. The normalized spacial score (nSPS) is 29.2. The Labute approximate surface area is 146 Å². The van der Waals surface area contributed by atoms with Crippen LogP contribution in [0.2, 0.25) is 0 Å². The van der Waals surface area contributed by atoms with Crippen LogP contribution in [0.25, 0.3) is 10.9 Å². The minimum atomic E-state index is -0.953. The van der Waals surface area contributed by atoms with E-state index in [1.54, 1.807) is 0 Å². The van der Waals surface area contributed by atoms with Crippen molar-refractivity contribution in [2.75, 3.05) is 20.2 Å². The Bertz CT molecular complexity index is 800. The third kappa shape index (κ3) is 2.45. The van der Waals surface area contributed by atoms with Crippen LogP contribution < -0.4 is 0 Å². The topological polar surface area (TPSA) is 34.5 Å². The van der Waals surface area contributed by atoms with E-state index in [0.717, 1.165) is 19.6 Å². The number of aromatic nitrogens is 1. The average molecular weight is 345 g/mol. The van der Waals surface area contributed by atoms with Crippen molar-refractivity contribution in [1.29, 1.82) is 0 Å². The molecule has 3 aliphatic rings. The average Bonchev–Trinajstić information content (AvgIpc) is 3.02. The zero-order valence-corrected chi connectivity index (χ0v) is 14.4. The quantitative estimate of drug-likeness (QED) is 0.485. The number of carbonyl (C=O) groups is 1. The first-order valence-corrected chi connectivity index (χ1v) is 8.73. The van der Waals surface area contributed by atoms with E-state index in [4.69, 9.17) is 16.3 Å². The van der Waals surface area contributed by atoms with Crippen LogP contribution in [-0.2, 0) is 16.1 Å². The van der Waals surface area contributed by atoms with Crippen LogP contribution in [0.1, 0.15) is 6.42 Å². The number of nitrogens with zero attached hydrogens (tertiary/aromatic N) is 2. The van der Waals surface area contributed by atoms with Gasteiger partial charge in [-0.25, -0.2) is 0 Å². The first-order valence-electron chi connectivity index (χ1n) is 8.35. The summed E-state index contributed by atoms with van der Waals surface area (Å²) >= 11 is 6.70. The van der Waals surface area contributed by atoms with Crippen molar-refractivity contribution in [3.8, 4) is 0 Å². The van der Waals surface area contributed by atoms with Gasteiger partial charge in [0.05, 0.1) is 13.2 Å². The summed E-state index contributed by atoms with van der Waals surface area (Å²) in [6.07, 6.45) is 7.05. The van der Waals surface area contributed by atoms with E-state index in [1.807, 2.05) is 0 Å². The Morgan fingerprint density at radius 2 is 2.12 bits per heavy atom. The summed E-state index contributed by atoms with van der Waals surface area (Å²) in [6, 6.07) is 10.4. The molecule has 0 radical (unpaired) electrons. The molecular weight excluding hydrogens is 324 g/mol. The van der Waals surface area contributed by atoms with Gasteiger partial charge in [-0.1, -0.05) is 30.4 Å². The van der Waals surface area contributed by atoms with Gasteiger partial charge >= 0.3 is 5.97 Å². The van der Waals surface area contributed by atoms with Gasteiger partial charge in [0.1, 0.15) is 0 Å². The van der Waals surface area contributed by atoms with Crippen molar-refractivity contribution in [2.45, 2.75) is 23.9 Å². The van der Waals surface area contributed by atoms with E-state index in [2.05, 4.69) is 58.1 Å². The van der Waals surface area contributed by atoms with Crippen LogP contribution in [0.5, 0.6) is 0 Å². The smallest absolute Gasteiger partial charge is 0.328 e. The molecule has 126 valence electrons. The zero-order valence-electron chi connectivity index (χ0n) is 13.7. The van der Waals surface area contributed by atoms with E-state index < -0.39 is 4.87 Å². The Kier molecular flexibility index (Phi) is 3.89. The maximum atomic E-state index is 12.2. The molecule has 1 aromatic carbocycles. The van der Waals surface area contributed by atoms with Crippen LogP contribution in [0.4, 0.5) is 0 Å². The lowest BCUT2D eigenvalue weighted by atomic mass is 9.77.